The average molecular weight is 303 g/mol. The number of hydrogen-bond acceptors (Lipinski definition) is 3. The van der Waals surface area contributed by atoms with Crippen LogP contribution in [0.5, 0.6) is 0 Å². The highest BCUT2D eigenvalue weighted by Gasteiger charge is 2.39. The van der Waals surface area contributed by atoms with Gasteiger partial charge in [-0.15, -0.1) is 0 Å². The molecule has 1 aromatic rings. The summed E-state index contributed by atoms with van der Waals surface area (Å²) < 4.78 is 0. The molecule has 21 heavy (non-hydrogen) atoms. The molecule has 0 radical (unpaired) electrons. The fourth-order valence-electron chi connectivity index (χ4n) is 3.56. The van der Waals surface area contributed by atoms with Gasteiger partial charge in [-0.05, 0) is 35.6 Å². The van der Waals surface area contributed by atoms with Gasteiger partial charge in [0.2, 0.25) is 5.91 Å². The number of amides is 2. The van der Waals surface area contributed by atoms with Gasteiger partial charge < -0.3 is 0 Å². The first kappa shape index (κ1) is 14.6. The number of hydrogen-bond donors (Lipinski definition) is 1. The van der Waals surface area contributed by atoms with Crippen LogP contribution in [-0.4, -0.2) is 29.0 Å². The zero-order valence-corrected chi connectivity index (χ0v) is 13.1. The summed E-state index contributed by atoms with van der Waals surface area (Å²) in [7, 11) is 0. The van der Waals surface area contributed by atoms with Crippen LogP contribution in [-0.2, 0) is 11.2 Å². The van der Waals surface area contributed by atoms with Crippen LogP contribution in [0.2, 0.25) is 0 Å². The van der Waals surface area contributed by atoms with E-state index in [0.29, 0.717) is 18.5 Å². The highest BCUT2D eigenvalue weighted by Crippen LogP contribution is 2.39. The number of carbonyl (C=O) groups excluding carboxylic acids is 2. The first-order chi connectivity index (χ1) is 10.2. The minimum atomic E-state index is -0.131. The van der Waals surface area contributed by atoms with E-state index in [9.17, 15) is 9.59 Å². The molecule has 1 saturated carbocycles. The van der Waals surface area contributed by atoms with Gasteiger partial charge in [-0.1, -0.05) is 37.5 Å². The van der Waals surface area contributed by atoms with Crippen molar-refractivity contribution in [3.8, 4) is 0 Å². The van der Waals surface area contributed by atoms with Crippen LogP contribution in [0.4, 0.5) is 0 Å². The quantitative estimate of drug-likeness (QED) is 0.688. The first-order valence-corrected chi connectivity index (χ1v) is 8.32. The maximum Gasteiger partial charge on any atom is 0.260 e. The molecule has 0 aromatic heterocycles. The van der Waals surface area contributed by atoms with Gasteiger partial charge in [0.05, 0.1) is 6.42 Å². The van der Waals surface area contributed by atoms with Gasteiger partial charge in [0.25, 0.3) is 5.91 Å². The summed E-state index contributed by atoms with van der Waals surface area (Å²) >= 11 is 4.51. The molecule has 0 saturated heterocycles. The minimum absolute atomic E-state index is 0.0129. The van der Waals surface area contributed by atoms with E-state index in [1.165, 1.54) is 24.2 Å². The molecule has 0 bridgehead atoms. The third kappa shape index (κ3) is 2.73. The molecule has 4 heteroatoms. The van der Waals surface area contributed by atoms with Gasteiger partial charge in [-0.3, -0.25) is 14.5 Å². The number of nitrogens with zero attached hydrogens (tertiary/aromatic N) is 1. The molecule has 3 nitrogen and oxygen atoms in total. The molecule has 1 aliphatic heterocycles. The van der Waals surface area contributed by atoms with E-state index in [2.05, 4.69) is 12.6 Å². The summed E-state index contributed by atoms with van der Waals surface area (Å²) in [5.41, 5.74) is 1.55. The lowest BCUT2D eigenvalue weighted by molar-refractivity contribution is -0.129. The van der Waals surface area contributed by atoms with Crippen molar-refractivity contribution in [3.63, 3.8) is 0 Å². The van der Waals surface area contributed by atoms with Crippen LogP contribution >= 0.6 is 12.6 Å². The van der Waals surface area contributed by atoms with E-state index < -0.39 is 0 Å². The Hall–Kier alpha value is -1.29. The summed E-state index contributed by atoms with van der Waals surface area (Å²) in [5, 5.41) is 0. The Morgan fingerprint density at radius 2 is 1.81 bits per heavy atom. The van der Waals surface area contributed by atoms with Gasteiger partial charge in [-0.25, -0.2) is 0 Å². The van der Waals surface area contributed by atoms with Crippen molar-refractivity contribution in [3.05, 3.63) is 35.4 Å². The maximum absolute atomic E-state index is 12.6. The topological polar surface area (TPSA) is 37.4 Å². The third-order valence-corrected chi connectivity index (χ3v) is 5.55. The fraction of sp³-hybridized carbons (Fsp3) is 0.529. The van der Waals surface area contributed by atoms with Crippen LogP contribution in [0.25, 0.3) is 0 Å². The van der Waals surface area contributed by atoms with Gasteiger partial charge in [0.15, 0.2) is 0 Å². The number of rotatable bonds is 3. The lowest BCUT2D eigenvalue weighted by Crippen LogP contribution is -2.49. The Morgan fingerprint density at radius 3 is 2.52 bits per heavy atom. The Kier molecular flexibility index (Phi) is 4.07. The van der Waals surface area contributed by atoms with E-state index in [1.807, 2.05) is 24.3 Å². The van der Waals surface area contributed by atoms with Crippen LogP contribution in [0.3, 0.4) is 0 Å². The molecule has 0 spiro atoms. The summed E-state index contributed by atoms with van der Waals surface area (Å²) in [6, 6.07) is 7.44. The molecule has 1 aromatic carbocycles. The Balaban J connectivity index is 1.85. The van der Waals surface area contributed by atoms with Crippen molar-refractivity contribution in [2.45, 2.75) is 38.5 Å². The normalized spacial score (nSPS) is 21.3. The zero-order chi connectivity index (χ0) is 14.9. The van der Waals surface area contributed by atoms with Crippen LogP contribution < -0.4 is 0 Å². The number of thiol groups is 1. The van der Waals surface area contributed by atoms with Crippen molar-refractivity contribution < 1.29 is 9.59 Å². The van der Waals surface area contributed by atoms with E-state index in [-0.39, 0.29) is 17.2 Å². The molecule has 1 aliphatic carbocycles. The summed E-state index contributed by atoms with van der Waals surface area (Å²) in [4.78, 5) is 26.5. The van der Waals surface area contributed by atoms with Crippen molar-refractivity contribution >= 4 is 24.4 Å². The summed E-state index contributed by atoms with van der Waals surface area (Å²) in [6.45, 7) is 0.530. The van der Waals surface area contributed by atoms with Crippen molar-refractivity contribution in [2.75, 3.05) is 12.3 Å². The standard InChI is InChI=1S/C17H21NO2S/c19-15-10-13-6-2-3-7-14(13)16(20)18(15)11-17(12-21)8-4-1-5-9-17/h2-3,6-7,21H,1,4-5,8-12H2. The number of carbonyl (C=O) groups is 2. The van der Waals surface area contributed by atoms with Crippen LogP contribution in [0.15, 0.2) is 24.3 Å². The van der Waals surface area contributed by atoms with Gasteiger partial charge in [-0.2, -0.15) is 12.6 Å². The van der Waals surface area contributed by atoms with Crippen LogP contribution in [0, 0.1) is 5.41 Å². The van der Waals surface area contributed by atoms with Gasteiger partial charge in [0, 0.05) is 12.1 Å². The molecule has 0 atom stereocenters. The lowest BCUT2D eigenvalue weighted by Gasteiger charge is -2.40. The second-order valence-electron chi connectivity index (χ2n) is 6.34. The SMILES string of the molecule is O=C1Cc2ccccc2C(=O)N1CC1(CS)CCCCC1. The molecule has 1 heterocycles. The zero-order valence-electron chi connectivity index (χ0n) is 12.2. The number of fused-ring (bicyclic) bond motifs is 1. The number of benzene rings is 1. The van der Waals surface area contributed by atoms with E-state index in [4.69, 9.17) is 0 Å². The molecule has 0 unspecified atom stereocenters. The Morgan fingerprint density at radius 1 is 1.10 bits per heavy atom. The highest BCUT2D eigenvalue weighted by molar-refractivity contribution is 7.80. The third-order valence-electron chi connectivity index (χ3n) is 4.88. The van der Waals surface area contributed by atoms with Gasteiger partial charge in [0.1, 0.15) is 0 Å². The highest BCUT2D eigenvalue weighted by atomic mass is 32.1. The van der Waals surface area contributed by atoms with Crippen LogP contribution in [0.1, 0.15) is 48.0 Å². The second kappa shape index (κ2) is 5.84. The molecule has 1 fully saturated rings. The first-order valence-electron chi connectivity index (χ1n) is 7.69. The smallest absolute Gasteiger partial charge is 0.260 e. The predicted octanol–water partition coefficient (Wildman–Crippen LogP) is 3.09. The predicted molar refractivity (Wildman–Crippen MR) is 85.6 cm³/mol. The molecular formula is C17H21NO2S. The summed E-state index contributed by atoms with van der Waals surface area (Å²) in [5.74, 6) is 0.546. The molecule has 2 aliphatic rings. The van der Waals surface area contributed by atoms with Gasteiger partial charge >= 0.3 is 0 Å². The molecule has 2 amide bonds. The lowest BCUT2D eigenvalue weighted by atomic mass is 9.74. The van der Waals surface area contributed by atoms with Crippen molar-refractivity contribution in [2.24, 2.45) is 5.41 Å². The van der Waals surface area contributed by atoms with E-state index in [0.717, 1.165) is 24.2 Å². The van der Waals surface area contributed by atoms with E-state index >= 15 is 0 Å². The Labute approximate surface area is 131 Å². The van der Waals surface area contributed by atoms with Crippen molar-refractivity contribution in [1.29, 1.82) is 0 Å². The Bertz CT molecular complexity index is 564. The second-order valence-corrected chi connectivity index (χ2v) is 6.65. The van der Waals surface area contributed by atoms with E-state index in [1.54, 1.807) is 0 Å². The average Bonchev–Trinajstić information content (AvgIpc) is 2.52. The molecule has 0 N–H and O–H groups in total. The molecule has 3 rings (SSSR count). The molecule has 112 valence electrons. The largest absolute Gasteiger partial charge is 0.278 e. The molecular weight excluding hydrogens is 282 g/mol. The number of imide groups is 1. The minimum Gasteiger partial charge on any atom is -0.278 e. The van der Waals surface area contributed by atoms with Crippen molar-refractivity contribution in [1.82, 2.24) is 4.90 Å². The fourth-order valence-corrected chi connectivity index (χ4v) is 3.98. The maximum atomic E-state index is 12.6. The summed E-state index contributed by atoms with van der Waals surface area (Å²) in [6.07, 6.45) is 6.07. The monoisotopic (exact) mass is 303 g/mol.